The van der Waals surface area contributed by atoms with E-state index in [1.165, 1.54) is 11.8 Å². The minimum Gasteiger partial charge on any atom is -0.363 e. The standard InChI is InChI=1S/C10H15N3O4/c1-6(8(15)9(11)16)12-10(17)7-3-2-4-13(7)5-14/h5-7H,2-4H2,1H3,(H2,11,16)(H,12,17). The van der Waals surface area contributed by atoms with E-state index in [9.17, 15) is 19.2 Å². The molecule has 1 aliphatic heterocycles. The summed E-state index contributed by atoms with van der Waals surface area (Å²) >= 11 is 0. The number of likely N-dealkylation sites (tertiary alicyclic amines) is 1. The first-order valence-corrected chi connectivity index (χ1v) is 5.32. The predicted octanol–water partition coefficient (Wildman–Crippen LogP) is -1.83. The fraction of sp³-hybridized carbons (Fsp3) is 0.600. The molecule has 1 aliphatic rings. The van der Waals surface area contributed by atoms with Crippen LogP contribution in [0.1, 0.15) is 19.8 Å². The van der Waals surface area contributed by atoms with E-state index in [2.05, 4.69) is 5.32 Å². The van der Waals surface area contributed by atoms with Crippen molar-refractivity contribution in [3.8, 4) is 0 Å². The molecule has 0 radical (unpaired) electrons. The predicted molar refractivity (Wildman–Crippen MR) is 57.6 cm³/mol. The number of Topliss-reactive ketones (excluding diaryl/α,β-unsaturated/α-hetero) is 1. The van der Waals surface area contributed by atoms with Crippen LogP contribution in [-0.2, 0) is 19.2 Å². The quantitative estimate of drug-likeness (QED) is 0.435. The van der Waals surface area contributed by atoms with Gasteiger partial charge in [0.15, 0.2) is 0 Å². The van der Waals surface area contributed by atoms with E-state index in [4.69, 9.17) is 5.73 Å². The first-order chi connectivity index (χ1) is 7.97. The average Bonchev–Trinajstić information content (AvgIpc) is 2.75. The number of amides is 3. The molecule has 3 amide bonds. The van der Waals surface area contributed by atoms with Crippen LogP contribution in [0.3, 0.4) is 0 Å². The van der Waals surface area contributed by atoms with Crippen LogP contribution in [0, 0.1) is 0 Å². The molecule has 2 unspecified atom stereocenters. The Morgan fingerprint density at radius 1 is 1.47 bits per heavy atom. The summed E-state index contributed by atoms with van der Waals surface area (Å²) in [6, 6.07) is -1.52. The Kier molecular flexibility index (Phi) is 4.19. The maximum atomic E-state index is 11.7. The highest BCUT2D eigenvalue weighted by Gasteiger charge is 2.31. The van der Waals surface area contributed by atoms with E-state index in [-0.39, 0.29) is 0 Å². The van der Waals surface area contributed by atoms with E-state index < -0.39 is 29.7 Å². The molecule has 1 saturated heterocycles. The zero-order valence-electron chi connectivity index (χ0n) is 9.51. The first-order valence-electron chi connectivity index (χ1n) is 5.32. The van der Waals surface area contributed by atoms with E-state index in [1.54, 1.807) is 0 Å². The second kappa shape index (κ2) is 5.42. The minimum atomic E-state index is -1.09. The van der Waals surface area contributed by atoms with E-state index in [1.807, 2.05) is 0 Å². The highest BCUT2D eigenvalue weighted by Crippen LogP contribution is 2.15. The Morgan fingerprint density at radius 3 is 2.65 bits per heavy atom. The van der Waals surface area contributed by atoms with Gasteiger partial charge >= 0.3 is 0 Å². The van der Waals surface area contributed by atoms with Gasteiger partial charge in [-0.3, -0.25) is 19.2 Å². The molecule has 1 heterocycles. The molecule has 0 aromatic carbocycles. The van der Waals surface area contributed by atoms with Gasteiger partial charge < -0.3 is 16.0 Å². The average molecular weight is 241 g/mol. The maximum Gasteiger partial charge on any atom is 0.287 e. The van der Waals surface area contributed by atoms with Gasteiger partial charge in [0.05, 0.1) is 6.04 Å². The molecule has 0 spiro atoms. The van der Waals surface area contributed by atoms with Crippen molar-refractivity contribution in [3.63, 3.8) is 0 Å². The SMILES string of the molecule is CC(NC(=O)C1CCCN1C=O)C(=O)C(N)=O. The number of nitrogens with one attached hydrogen (secondary N) is 1. The normalized spacial score (nSPS) is 20.8. The molecule has 0 saturated carbocycles. The zero-order valence-corrected chi connectivity index (χ0v) is 9.51. The lowest BCUT2D eigenvalue weighted by Crippen LogP contribution is -2.50. The number of nitrogens with zero attached hydrogens (tertiary/aromatic N) is 1. The highest BCUT2D eigenvalue weighted by atomic mass is 16.2. The van der Waals surface area contributed by atoms with Crippen molar-refractivity contribution in [1.29, 1.82) is 0 Å². The molecule has 94 valence electrons. The van der Waals surface area contributed by atoms with Gasteiger partial charge in [0.25, 0.3) is 5.91 Å². The Hall–Kier alpha value is -1.92. The molecule has 0 aromatic rings. The fourth-order valence-corrected chi connectivity index (χ4v) is 1.79. The van der Waals surface area contributed by atoms with Crippen LogP contribution < -0.4 is 11.1 Å². The number of hydrogen-bond donors (Lipinski definition) is 2. The number of ketones is 1. The monoisotopic (exact) mass is 241 g/mol. The van der Waals surface area contributed by atoms with Crippen LogP contribution in [0.15, 0.2) is 0 Å². The van der Waals surface area contributed by atoms with Crippen LogP contribution in [-0.4, -0.2) is 47.5 Å². The lowest BCUT2D eigenvalue weighted by molar-refractivity contribution is -0.139. The van der Waals surface area contributed by atoms with Crippen molar-refractivity contribution in [2.75, 3.05) is 6.54 Å². The van der Waals surface area contributed by atoms with Crippen molar-refractivity contribution >= 4 is 24.0 Å². The minimum absolute atomic E-state index is 0.434. The Labute approximate surface area is 98.3 Å². The van der Waals surface area contributed by atoms with E-state index in [0.717, 1.165) is 6.42 Å². The van der Waals surface area contributed by atoms with Crippen molar-refractivity contribution in [2.45, 2.75) is 31.8 Å². The van der Waals surface area contributed by atoms with Gasteiger partial charge in [0.1, 0.15) is 6.04 Å². The van der Waals surface area contributed by atoms with E-state index >= 15 is 0 Å². The van der Waals surface area contributed by atoms with Gasteiger partial charge in [-0.1, -0.05) is 0 Å². The zero-order chi connectivity index (χ0) is 13.0. The molecule has 0 bridgehead atoms. The lowest BCUT2D eigenvalue weighted by Gasteiger charge is -2.20. The number of hydrogen-bond acceptors (Lipinski definition) is 4. The van der Waals surface area contributed by atoms with Gasteiger partial charge in [-0.2, -0.15) is 0 Å². The molecular weight excluding hydrogens is 226 g/mol. The van der Waals surface area contributed by atoms with Gasteiger partial charge in [-0.15, -0.1) is 0 Å². The van der Waals surface area contributed by atoms with Crippen LogP contribution in [0.25, 0.3) is 0 Å². The number of carbonyl (C=O) groups excluding carboxylic acids is 4. The maximum absolute atomic E-state index is 11.7. The lowest BCUT2D eigenvalue weighted by atomic mass is 10.1. The summed E-state index contributed by atoms with van der Waals surface area (Å²) in [6.07, 6.45) is 1.91. The van der Waals surface area contributed by atoms with Gasteiger partial charge in [-0.25, -0.2) is 0 Å². The van der Waals surface area contributed by atoms with Crippen LogP contribution in [0.5, 0.6) is 0 Å². The molecule has 1 fully saturated rings. The molecule has 0 aliphatic carbocycles. The second-order valence-electron chi connectivity index (χ2n) is 3.96. The summed E-state index contributed by atoms with van der Waals surface area (Å²) in [5.41, 5.74) is 4.81. The summed E-state index contributed by atoms with van der Waals surface area (Å²) in [4.78, 5) is 45.6. The molecule has 1 rings (SSSR count). The Bertz CT molecular complexity index is 355. The van der Waals surface area contributed by atoms with E-state index in [0.29, 0.717) is 19.4 Å². The summed E-state index contributed by atoms with van der Waals surface area (Å²) in [5, 5.41) is 2.38. The molecule has 17 heavy (non-hydrogen) atoms. The van der Waals surface area contributed by atoms with Gasteiger partial charge in [0.2, 0.25) is 18.1 Å². The number of primary amides is 1. The molecule has 0 aromatic heterocycles. The first kappa shape index (κ1) is 13.1. The van der Waals surface area contributed by atoms with Crippen LogP contribution >= 0.6 is 0 Å². The number of nitrogens with two attached hydrogens (primary N) is 1. The third kappa shape index (κ3) is 3.02. The van der Waals surface area contributed by atoms with Crippen LogP contribution in [0.4, 0.5) is 0 Å². The van der Waals surface area contributed by atoms with Crippen molar-refractivity contribution in [1.82, 2.24) is 10.2 Å². The van der Waals surface area contributed by atoms with Crippen molar-refractivity contribution in [3.05, 3.63) is 0 Å². The van der Waals surface area contributed by atoms with Gasteiger partial charge in [0, 0.05) is 6.54 Å². The molecule has 2 atom stereocenters. The molecular formula is C10H15N3O4. The van der Waals surface area contributed by atoms with Crippen LogP contribution in [0.2, 0.25) is 0 Å². The summed E-state index contributed by atoms with van der Waals surface area (Å²) in [7, 11) is 0. The second-order valence-corrected chi connectivity index (χ2v) is 3.96. The largest absolute Gasteiger partial charge is 0.363 e. The third-order valence-corrected chi connectivity index (χ3v) is 2.73. The molecule has 3 N–H and O–H groups in total. The molecule has 7 heteroatoms. The Balaban J connectivity index is 2.57. The van der Waals surface area contributed by atoms with Gasteiger partial charge in [-0.05, 0) is 19.8 Å². The van der Waals surface area contributed by atoms with Crippen molar-refractivity contribution < 1.29 is 19.2 Å². The third-order valence-electron chi connectivity index (χ3n) is 2.73. The summed E-state index contributed by atoms with van der Waals surface area (Å²) < 4.78 is 0. The Morgan fingerprint density at radius 2 is 2.12 bits per heavy atom. The van der Waals surface area contributed by atoms with Crippen molar-refractivity contribution in [2.24, 2.45) is 5.73 Å². The fourth-order valence-electron chi connectivity index (χ4n) is 1.79. The topological polar surface area (TPSA) is 110 Å². The number of carbonyl (C=O) groups is 4. The highest BCUT2D eigenvalue weighted by molar-refractivity contribution is 6.37. The summed E-state index contributed by atoms with van der Waals surface area (Å²) in [6.45, 7) is 1.91. The molecule has 7 nitrogen and oxygen atoms in total. The summed E-state index contributed by atoms with van der Waals surface area (Å²) in [5.74, 6) is -2.37. The smallest absolute Gasteiger partial charge is 0.287 e. The number of rotatable bonds is 5.